The summed E-state index contributed by atoms with van der Waals surface area (Å²) in [5.41, 5.74) is 1.52. The van der Waals surface area contributed by atoms with Gasteiger partial charge >= 0.3 is 0 Å². The van der Waals surface area contributed by atoms with Gasteiger partial charge in [0.05, 0.1) is 23.2 Å². The molecule has 76 valence electrons. The lowest BCUT2D eigenvalue weighted by atomic mass is 10.1. The van der Waals surface area contributed by atoms with Crippen LogP contribution in [0.2, 0.25) is 0 Å². The lowest BCUT2D eigenvalue weighted by Gasteiger charge is -2.21. The van der Waals surface area contributed by atoms with Crippen molar-refractivity contribution in [2.24, 2.45) is 5.92 Å². The molecule has 0 aromatic heterocycles. The van der Waals surface area contributed by atoms with Crippen molar-refractivity contribution < 1.29 is 0 Å². The molecule has 1 unspecified atom stereocenters. The Bertz CT molecular complexity index is 412. The molecule has 1 atom stereocenters. The van der Waals surface area contributed by atoms with Crippen LogP contribution in [0.1, 0.15) is 12.5 Å². The lowest BCUT2D eigenvalue weighted by Crippen LogP contribution is -2.23. The highest BCUT2D eigenvalue weighted by molar-refractivity contribution is 5.58. The number of rotatable bonds is 3. The van der Waals surface area contributed by atoms with Gasteiger partial charge in [-0.1, -0.05) is 12.1 Å². The third-order valence-corrected chi connectivity index (χ3v) is 2.20. The van der Waals surface area contributed by atoms with E-state index in [2.05, 4.69) is 12.1 Å². The minimum absolute atomic E-state index is 0.0400. The lowest BCUT2D eigenvalue weighted by molar-refractivity contribution is 0.716. The van der Waals surface area contributed by atoms with Crippen molar-refractivity contribution in [3.8, 4) is 12.1 Å². The summed E-state index contributed by atoms with van der Waals surface area (Å²) in [6.45, 7) is 2.50. The molecule has 0 fully saturated rings. The maximum absolute atomic E-state index is 8.92. The molecule has 0 N–H and O–H groups in total. The van der Waals surface area contributed by atoms with Crippen LogP contribution in [-0.2, 0) is 0 Å². The number of para-hydroxylation sites is 1. The van der Waals surface area contributed by atoms with E-state index < -0.39 is 0 Å². The first-order valence-electron chi connectivity index (χ1n) is 4.79. The summed E-state index contributed by atoms with van der Waals surface area (Å²) in [7, 11) is 1.89. The van der Waals surface area contributed by atoms with E-state index in [0.29, 0.717) is 12.1 Å². The molecule has 0 radical (unpaired) electrons. The number of hydrogen-bond acceptors (Lipinski definition) is 3. The maximum atomic E-state index is 8.92. The Morgan fingerprint density at radius 3 is 2.60 bits per heavy atom. The molecule has 3 heteroatoms. The highest BCUT2D eigenvalue weighted by atomic mass is 15.1. The highest BCUT2D eigenvalue weighted by Gasteiger charge is 2.09. The smallest absolute Gasteiger partial charge is 0.101 e. The number of benzene rings is 1. The van der Waals surface area contributed by atoms with Crippen LogP contribution in [0.3, 0.4) is 0 Å². The molecule has 0 amide bonds. The Morgan fingerprint density at radius 2 is 2.00 bits per heavy atom. The molecule has 1 rings (SSSR count). The van der Waals surface area contributed by atoms with Gasteiger partial charge in [-0.15, -0.1) is 0 Å². The molecule has 0 aliphatic rings. The predicted molar refractivity (Wildman–Crippen MR) is 59.2 cm³/mol. The summed E-state index contributed by atoms with van der Waals surface area (Å²) in [5.74, 6) is -0.0400. The number of nitriles is 2. The van der Waals surface area contributed by atoms with Crippen LogP contribution < -0.4 is 4.90 Å². The van der Waals surface area contributed by atoms with Crippen molar-refractivity contribution in [3.05, 3.63) is 29.8 Å². The monoisotopic (exact) mass is 199 g/mol. The minimum Gasteiger partial charge on any atom is -0.372 e. The third-order valence-electron chi connectivity index (χ3n) is 2.20. The topological polar surface area (TPSA) is 50.8 Å². The molecule has 0 bridgehead atoms. The van der Waals surface area contributed by atoms with Crippen molar-refractivity contribution in [1.29, 1.82) is 10.5 Å². The SMILES string of the molecule is CC(C#N)CN(C)c1ccccc1C#N. The van der Waals surface area contributed by atoms with Crippen molar-refractivity contribution >= 4 is 5.69 Å². The summed E-state index contributed by atoms with van der Waals surface area (Å²) in [6, 6.07) is 11.7. The third kappa shape index (κ3) is 2.72. The van der Waals surface area contributed by atoms with E-state index in [0.717, 1.165) is 5.69 Å². The van der Waals surface area contributed by atoms with Gasteiger partial charge < -0.3 is 4.90 Å². The van der Waals surface area contributed by atoms with E-state index in [-0.39, 0.29) is 5.92 Å². The van der Waals surface area contributed by atoms with Crippen molar-refractivity contribution in [3.63, 3.8) is 0 Å². The maximum Gasteiger partial charge on any atom is 0.101 e. The van der Waals surface area contributed by atoms with Crippen molar-refractivity contribution in [1.82, 2.24) is 0 Å². The molecule has 0 heterocycles. The highest BCUT2D eigenvalue weighted by Crippen LogP contribution is 2.18. The summed E-state index contributed by atoms with van der Waals surface area (Å²) in [4.78, 5) is 1.94. The summed E-state index contributed by atoms with van der Waals surface area (Å²) in [5, 5.41) is 17.6. The molecule has 15 heavy (non-hydrogen) atoms. The van der Waals surface area contributed by atoms with E-state index in [9.17, 15) is 0 Å². The van der Waals surface area contributed by atoms with Crippen LogP contribution in [-0.4, -0.2) is 13.6 Å². The fraction of sp³-hybridized carbons (Fsp3) is 0.333. The average Bonchev–Trinajstić information content (AvgIpc) is 2.28. The first kappa shape index (κ1) is 11.1. The first-order valence-corrected chi connectivity index (χ1v) is 4.79. The summed E-state index contributed by atoms with van der Waals surface area (Å²) in [6.07, 6.45) is 0. The minimum atomic E-state index is -0.0400. The van der Waals surface area contributed by atoms with E-state index in [1.165, 1.54) is 0 Å². The van der Waals surface area contributed by atoms with E-state index >= 15 is 0 Å². The molecule has 1 aromatic carbocycles. The van der Waals surface area contributed by atoms with Gasteiger partial charge in [-0.2, -0.15) is 10.5 Å². The Morgan fingerprint density at radius 1 is 1.33 bits per heavy atom. The number of nitrogens with zero attached hydrogens (tertiary/aromatic N) is 3. The zero-order chi connectivity index (χ0) is 11.3. The molecule has 1 aromatic rings. The average molecular weight is 199 g/mol. The van der Waals surface area contributed by atoms with Gasteiger partial charge in [-0.25, -0.2) is 0 Å². The van der Waals surface area contributed by atoms with Crippen LogP contribution >= 0.6 is 0 Å². The predicted octanol–water partition coefficient (Wildman–Crippen LogP) is 2.15. The normalized spacial score (nSPS) is 11.2. The van der Waals surface area contributed by atoms with Gasteiger partial charge in [0, 0.05) is 13.6 Å². The van der Waals surface area contributed by atoms with Gasteiger partial charge in [-0.3, -0.25) is 0 Å². The molecule has 0 spiro atoms. The first-order chi connectivity index (χ1) is 7.19. The van der Waals surface area contributed by atoms with Crippen LogP contribution in [0.15, 0.2) is 24.3 Å². The number of hydrogen-bond donors (Lipinski definition) is 0. The zero-order valence-electron chi connectivity index (χ0n) is 8.94. The second-order valence-electron chi connectivity index (χ2n) is 3.54. The molecule has 0 aliphatic carbocycles. The van der Waals surface area contributed by atoms with Crippen molar-refractivity contribution in [2.45, 2.75) is 6.92 Å². The van der Waals surface area contributed by atoms with Gasteiger partial charge in [0.2, 0.25) is 0 Å². The number of anilines is 1. The van der Waals surface area contributed by atoms with Gasteiger partial charge in [0.25, 0.3) is 0 Å². The van der Waals surface area contributed by atoms with Crippen LogP contribution in [0.5, 0.6) is 0 Å². The summed E-state index contributed by atoms with van der Waals surface area (Å²) < 4.78 is 0. The van der Waals surface area contributed by atoms with Crippen LogP contribution in [0, 0.1) is 28.6 Å². The molecule has 0 saturated heterocycles. The largest absolute Gasteiger partial charge is 0.372 e. The van der Waals surface area contributed by atoms with Gasteiger partial charge in [-0.05, 0) is 19.1 Å². The van der Waals surface area contributed by atoms with Gasteiger partial charge in [0.1, 0.15) is 6.07 Å². The Hall–Kier alpha value is -2.00. The fourth-order valence-electron chi connectivity index (χ4n) is 1.45. The molecule has 0 aliphatic heterocycles. The van der Waals surface area contributed by atoms with E-state index in [1.807, 2.05) is 37.1 Å². The fourth-order valence-corrected chi connectivity index (χ4v) is 1.45. The Kier molecular flexibility index (Phi) is 3.71. The van der Waals surface area contributed by atoms with Crippen LogP contribution in [0.25, 0.3) is 0 Å². The molecular weight excluding hydrogens is 186 g/mol. The summed E-state index contributed by atoms with van der Waals surface area (Å²) >= 11 is 0. The van der Waals surface area contributed by atoms with E-state index in [1.54, 1.807) is 6.07 Å². The van der Waals surface area contributed by atoms with Gasteiger partial charge in [0.15, 0.2) is 0 Å². The molecular formula is C12H13N3. The quantitative estimate of drug-likeness (QED) is 0.749. The second-order valence-corrected chi connectivity index (χ2v) is 3.54. The molecule has 0 saturated carbocycles. The zero-order valence-corrected chi connectivity index (χ0v) is 8.94. The standard InChI is InChI=1S/C12H13N3/c1-10(7-13)9-15(2)12-6-4-3-5-11(12)8-14/h3-6,10H,9H2,1-2H3. The second kappa shape index (κ2) is 5.02. The van der Waals surface area contributed by atoms with E-state index in [4.69, 9.17) is 10.5 Å². The Balaban J connectivity index is 2.88. The van der Waals surface area contributed by atoms with Crippen LogP contribution in [0.4, 0.5) is 5.69 Å². The van der Waals surface area contributed by atoms with Crippen molar-refractivity contribution in [2.75, 3.05) is 18.5 Å². The Labute approximate surface area is 90.2 Å². The molecule has 3 nitrogen and oxygen atoms in total.